The van der Waals surface area contributed by atoms with Gasteiger partial charge in [0.05, 0.1) is 11.6 Å². The van der Waals surface area contributed by atoms with Crippen LogP contribution in [0.1, 0.15) is 25.3 Å². The number of nitrogens with one attached hydrogen (secondary N) is 1. The summed E-state index contributed by atoms with van der Waals surface area (Å²) in [6, 6.07) is 5.75. The molecule has 7 heteroatoms. The maximum absolute atomic E-state index is 13.6. The van der Waals surface area contributed by atoms with E-state index in [2.05, 4.69) is 20.2 Å². The Morgan fingerprint density at radius 1 is 1.38 bits per heavy atom. The standard InChI is InChI=1S/C17H22N6O/c1-2-18-17-20-10-13-11-23(24,15-7-3-4-8-19-15)12-14-6-5-9-22(14)16(13)21-17/h3-4,7-8,10,14H,2,5-6,9,11-12H2,1H3,(H,18,20,21)/t14-,23?/m0/s1. The molecular formula is C17H22N6O. The molecule has 0 saturated carbocycles. The van der Waals surface area contributed by atoms with Crippen molar-refractivity contribution < 1.29 is 0 Å². The minimum Gasteiger partial charge on any atom is -0.626 e. The predicted molar refractivity (Wildman–Crippen MR) is 94.5 cm³/mol. The zero-order valence-corrected chi connectivity index (χ0v) is 13.9. The molecule has 2 aromatic rings. The van der Waals surface area contributed by atoms with Gasteiger partial charge in [0.1, 0.15) is 18.9 Å². The van der Waals surface area contributed by atoms with Gasteiger partial charge in [-0.1, -0.05) is 6.07 Å². The fourth-order valence-corrected chi connectivity index (χ4v) is 3.76. The average Bonchev–Trinajstić information content (AvgIpc) is 3.00. The fraction of sp³-hybridized carbons (Fsp3) is 0.471. The van der Waals surface area contributed by atoms with Crippen molar-refractivity contribution in [2.45, 2.75) is 32.4 Å². The van der Waals surface area contributed by atoms with Crippen molar-refractivity contribution in [2.24, 2.45) is 0 Å². The second-order valence-corrected chi connectivity index (χ2v) is 6.48. The van der Waals surface area contributed by atoms with E-state index in [1.54, 1.807) is 12.4 Å². The van der Waals surface area contributed by atoms with Crippen LogP contribution in [0.4, 0.5) is 17.6 Å². The minimum absolute atomic E-state index is 0.204. The molecule has 0 amide bonds. The highest BCUT2D eigenvalue weighted by Crippen LogP contribution is 2.36. The molecule has 126 valence electrons. The number of anilines is 2. The molecule has 4 rings (SSSR count). The van der Waals surface area contributed by atoms with E-state index in [1.165, 1.54) is 0 Å². The summed E-state index contributed by atoms with van der Waals surface area (Å²) in [7, 11) is 0. The van der Waals surface area contributed by atoms with Gasteiger partial charge < -0.3 is 20.1 Å². The second kappa shape index (κ2) is 5.99. The van der Waals surface area contributed by atoms with Crippen molar-refractivity contribution in [3.05, 3.63) is 41.4 Å². The Morgan fingerprint density at radius 2 is 2.29 bits per heavy atom. The predicted octanol–water partition coefficient (Wildman–Crippen LogP) is 2.29. The first-order valence-electron chi connectivity index (χ1n) is 8.56. The Hall–Kier alpha value is -2.25. The molecule has 4 heterocycles. The van der Waals surface area contributed by atoms with Crippen LogP contribution in [0, 0.1) is 5.21 Å². The Morgan fingerprint density at radius 3 is 3.08 bits per heavy atom. The van der Waals surface area contributed by atoms with E-state index in [0.717, 1.165) is 37.3 Å². The highest BCUT2D eigenvalue weighted by atomic mass is 16.5. The monoisotopic (exact) mass is 326 g/mol. The van der Waals surface area contributed by atoms with Crippen molar-refractivity contribution >= 4 is 17.6 Å². The summed E-state index contributed by atoms with van der Waals surface area (Å²) in [6.45, 7) is 4.57. The lowest BCUT2D eigenvalue weighted by Crippen LogP contribution is -2.49. The summed E-state index contributed by atoms with van der Waals surface area (Å²) in [6.07, 6.45) is 5.60. The number of fused-ring (bicyclic) bond motifs is 3. The third-order valence-electron chi connectivity index (χ3n) is 4.82. The number of quaternary nitrogens is 1. The molecule has 1 saturated heterocycles. The Labute approximate surface area is 141 Å². The summed E-state index contributed by atoms with van der Waals surface area (Å²) in [5.41, 5.74) is 0.904. The van der Waals surface area contributed by atoms with E-state index in [0.29, 0.717) is 24.9 Å². The molecule has 7 nitrogen and oxygen atoms in total. The van der Waals surface area contributed by atoms with Gasteiger partial charge >= 0.3 is 0 Å². The Kier molecular flexibility index (Phi) is 3.82. The average molecular weight is 326 g/mol. The van der Waals surface area contributed by atoms with Crippen molar-refractivity contribution in [2.75, 3.05) is 29.9 Å². The van der Waals surface area contributed by atoms with E-state index in [9.17, 15) is 5.21 Å². The normalized spacial score (nSPS) is 25.8. The van der Waals surface area contributed by atoms with Crippen molar-refractivity contribution in [3.63, 3.8) is 0 Å². The van der Waals surface area contributed by atoms with Crippen molar-refractivity contribution in [3.8, 4) is 0 Å². The van der Waals surface area contributed by atoms with Crippen LogP contribution in [0.15, 0.2) is 30.6 Å². The number of hydrogen-bond acceptors (Lipinski definition) is 6. The molecule has 2 aliphatic rings. The molecule has 0 aromatic carbocycles. The third-order valence-corrected chi connectivity index (χ3v) is 4.82. The van der Waals surface area contributed by atoms with E-state index in [1.807, 2.05) is 25.1 Å². The van der Waals surface area contributed by atoms with Gasteiger partial charge in [-0.05, 0) is 25.8 Å². The second-order valence-electron chi connectivity index (χ2n) is 6.48. The highest BCUT2D eigenvalue weighted by molar-refractivity contribution is 5.55. The van der Waals surface area contributed by atoms with Gasteiger partial charge in [0.25, 0.3) is 0 Å². The number of hydrogen-bond donors (Lipinski definition) is 1. The topological polar surface area (TPSA) is 77.0 Å². The summed E-state index contributed by atoms with van der Waals surface area (Å²) >= 11 is 0. The van der Waals surface area contributed by atoms with Crippen LogP contribution in [0.3, 0.4) is 0 Å². The van der Waals surface area contributed by atoms with E-state index in [-0.39, 0.29) is 6.04 Å². The minimum atomic E-state index is -0.446. The highest BCUT2D eigenvalue weighted by Gasteiger charge is 2.39. The number of hydroxylamine groups is 2. The first-order chi connectivity index (χ1) is 11.7. The molecule has 1 N–H and O–H groups in total. The van der Waals surface area contributed by atoms with Crippen LogP contribution in [-0.4, -0.2) is 40.6 Å². The first-order valence-corrected chi connectivity index (χ1v) is 8.56. The first kappa shape index (κ1) is 15.3. The number of aromatic nitrogens is 3. The molecule has 0 radical (unpaired) electrons. The van der Waals surface area contributed by atoms with Crippen molar-refractivity contribution in [1.82, 2.24) is 19.6 Å². The molecular weight excluding hydrogens is 304 g/mol. The molecule has 1 unspecified atom stereocenters. The molecule has 1 fully saturated rings. The zero-order valence-electron chi connectivity index (χ0n) is 13.9. The Balaban J connectivity index is 1.78. The van der Waals surface area contributed by atoms with E-state index >= 15 is 0 Å². The van der Waals surface area contributed by atoms with Gasteiger partial charge in [0, 0.05) is 31.5 Å². The van der Waals surface area contributed by atoms with Gasteiger partial charge in [-0.15, -0.1) is 0 Å². The lowest BCUT2D eigenvalue weighted by molar-refractivity contribution is 0.338. The molecule has 0 bridgehead atoms. The molecule has 2 atom stereocenters. The molecule has 0 aliphatic carbocycles. The maximum Gasteiger partial charge on any atom is 0.227 e. The smallest absolute Gasteiger partial charge is 0.227 e. The van der Waals surface area contributed by atoms with Crippen LogP contribution in [0.5, 0.6) is 0 Å². The largest absolute Gasteiger partial charge is 0.626 e. The summed E-state index contributed by atoms with van der Waals surface area (Å²) < 4.78 is -0.446. The van der Waals surface area contributed by atoms with E-state index < -0.39 is 4.65 Å². The fourth-order valence-electron chi connectivity index (χ4n) is 3.76. The zero-order chi connectivity index (χ0) is 16.6. The Bertz CT molecular complexity index is 724. The molecule has 2 aliphatic heterocycles. The maximum atomic E-state index is 13.6. The summed E-state index contributed by atoms with van der Waals surface area (Å²) in [5.74, 6) is 2.11. The third kappa shape index (κ3) is 2.59. The lowest BCUT2D eigenvalue weighted by atomic mass is 10.2. The van der Waals surface area contributed by atoms with Gasteiger partial charge in [-0.3, -0.25) is 0 Å². The van der Waals surface area contributed by atoms with Gasteiger partial charge in [0.2, 0.25) is 11.8 Å². The summed E-state index contributed by atoms with van der Waals surface area (Å²) in [4.78, 5) is 15.7. The van der Waals surface area contributed by atoms with E-state index in [4.69, 9.17) is 4.98 Å². The van der Waals surface area contributed by atoms with Crippen LogP contribution in [0.25, 0.3) is 0 Å². The van der Waals surface area contributed by atoms with Crippen LogP contribution in [0.2, 0.25) is 0 Å². The van der Waals surface area contributed by atoms with Crippen molar-refractivity contribution in [1.29, 1.82) is 0 Å². The number of pyridine rings is 1. The molecule has 2 aromatic heterocycles. The lowest BCUT2D eigenvalue weighted by Gasteiger charge is -2.41. The van der Waals surface area contributed by atoms with Gasteiger partial charge in [-0.2, -0.15) is 4.98 Å². The van der Waals surface area contributed by atoms with Crippen LogP contribution >= 0.6 is 0 Å². The SMILES string of the molecule is CCNc1ncc2c(n1)N1CCC[C@H]1C[N+]([O-])(c1ccccn1)C2. The van der Waals surface area contributed by atoms with Gasteiger partial charge in [-0.25, -0.2) is 9.97 Å². The number of nitrogens with zero attached hydrogens (tertiary/aromatic N) is 5. The summed E-state index contributed by atoms with van der Waals surface area (Å²) in [5, 5.41) is 16.8. The van der Waals surface area contributed by atoms with Gasteiger partial charge in [0.15, 0.2) is 0 Å². The quantitative estimate of drug-likeness (QED) is 0.689. The molecule has 0 spiro atoms. The van der Waals surface area contributed by atoms with Crippen LogP contribution in [-0.2, 0) is 6.54 Å². The molecule has 24 heavy (non-hydrogen) atoms. The van der Waals surface area contributed by atoms with Crippen LogP contribution < -0.4 is 14.9 Å². The number of rotatable bonds is 3.